The van der Waals surface area contributed by atoms with Crippen LogP contribution in [0.4, 0.5) is 10.1 Å². The lowest BCUT2D eigenvalue weighted by Gasteiger charge is -2.37. The van der Waals surface area contributed by atoms with Crippen molar-refractivity contribution in [2.24, 2.45) is 0 Å². The van der Waals surface area contributed by atoms with Crippen LogP contribution in [0, 0.1) is 26.6 Å². The summed E-state index contributed by atoms with van der Waals surface area (Å²) in [7, 11) is 0. The van der Waals surface area contributed by atoms with Crippen molar-refractivity contribution in [3.8, 4) is 0 Å². The average molecular weight is 326 g/mol. The summed E-state index contributed by atoms with van der Waals surface area (Å²) in [5.74, 6) is -0.413. The third-order valence-corrected chi connectivity index (χ3v) is 4.90. The molecule has 0 spiro atoms. The number of anilines is 1. The first-order valence-electron chi connectivity index (χ1n) is 8.34. The van der Waals surface area contributed by atoms with Gasteiger partial charge in [-0.1, -0.05) is 18.2 Å². The quantitative estimate of drug-likeness (QED) is 0.840. The van der Waals surface area contributed by atoms with E-state index in [2.05, 4.69) is 36.9 Å². The first-order chi connectivity index (χ1) is 11.5. The minimum atomic E-state index is -0.324. The summed E-state index contributed by atoms with van der Waals surface area (Å²) in [6.45, 7) is 8.85. The van der Waals surface area contributed by atoms with Crippen LogP contribution < -0.4 is 4.90 Å². The normalized spacial score (nSPS) is 14.8. The predicted molar refractivity (Wildman–Crippen MR) is 95.2 cm³/mol. The number of hydrogen-bond acceptors (Lipinski definition) is 2. The fraction of sp³-hybridized carbons (Fsp3) is 0.350. The highest BCUT2D eigenvalue weighted by Crippen LogP contribution is 2.24. The molecule has 24 heavy (non-hydrogen) atoms. The van der Waals surface area contributed by atoms with Crippen LogP contribution in [0.15, 0.2) is 36.4 Å². The van der Waals surface area contributed by atoms with Crippen LogP contribution in [0.2, 0.25) is 0 Å². The van der Waals surface area contributed by atoms with Gasteiger partial charge in [0.15, 0.2) is 0 Å². The molecule has 0 N–H and O–H groups in total. The van der Waals surface area contributed by atoms with Gasteiger partial charge in [-0.2, -0.15) is 0 Å². The van der Waals surface area contributed by atoms with Crippen molar-refractivity contribution in [3.63, 3.8) is 0 Å². The van der Waals surface area contributed by atoms with Crippen LogP contribution in [-0.2, 0) is 0 Å². The van der Waals surface area contributed by atoms with E-state index >= 15 is 0 Å². The topological polar surface area (TPSA) is 23.6 Å². The van der Waals surface area contributed by atoms with E-state index < -0.39 is 0 Å². The van der Waals surface area contributed by atoms with Crippen molar-refractivity contribution >= 4 is 11.6 Å². The molecule has 1 aliphatic rings. The van der Waals surface area contributed by atoms with Crippen molar-refractivity contribution < 1.29 is 9.18 Å². The van der Waals surface area contributed by atoms with Crippen molar-refractivity contribution in [1.29, 1.82) is 0 Å². The minimum Gasteiger partial charge on any atom is -0.368 e. The molecule has 126 valence electrons. The molecule has 3 nitrogen and oxygen atoms in total. The van der Waals surface area contributed by atoms with E-state index in [0.29, 0.717) is 24.2 Å². The Morgan fingerprint density at radius 2 is 1.67 bits per heavy atom. The molecular formula is C20H23FN2O. The second-order valence-electron chi connectivity index (χ2n) is 6.46. The number of benzene rings is 2. The van der Waals surface area contributed by atoms with Crippen LogP contribution in [0.25, 0.3) is 0 Å². The molecule has 0 aliphatic carbocycles. The van der Waals surface area contributed by atoms with E-state index in [1.54, 1.807) is 19.1 Å². The Morgan fingerprint density at radius 3 is 2.33 bits per heavy atom. The molecule has 2 aromatic rings. The maximum atomic E-state index is 13.7. The smallest absolute Gasteiger partial charge is 0.254 e. The number of nitrogens with zero attached hydrogens (tertiary/aromatic N) is 2. The predicted octanol–water partition coefficient (Wildman–Crippen LogP) is 3.71. The molecule has 0 bridgehead atoms. The highest BCUT2D eigenvalue weighted by molar-refractivity contribution is 5.94. The van der Waals surface area contributed by atoms with Gasteiger partial charge in [-0.3, -0.25) is 4.79 Å². The Kier molecular flexibility index (Phi) is 4.56. The molecule has 1 heterocycles. The van der Waals surface area contributed by atoms with Gasteiger partial charge in [-0.25, -0.2) is 4.39 Å². The number of carbonyl (C=O) groups is 1. The SMILES string of the molecule is Cc1ccc(C(=O)N2CCN(c3cccc(C)c3C)CC2)cc1F. The molecule has 1 saturated heterocycles. The Labute approximate surface area is 142 Å². The first-order valence-corrected chi connectivity index (χ1v) is 8.34. The van der Waals surface area contributed by atoms with Gasteiger partial charge in [0.1, 0.15) is 5.82 Å². The van der Waals surface area contributed by atoms with Crippen LogP contribution in [0.3, 0.4) is 0 Å². The van der Waals surface area contributed by atoms with Crippen LogP contribution in [0.1, 0.15) is 27.0 Å². The van der Waals surface area contributed by atoms with Crippen molar-refractivity contribution in [2.75, 3.05) is 31.1 Å². The summed E-state index contributed by atoms with van der Waals surface area (Å²) in [5.41, 5.74) is 4.80. The van der Waals surface area contributed by atoms with Gasteiger partial charge in [-0.05, 0) is 55.7 Å². The Bertz CT molecular complexity index is 764. The Hall–Kier alpha value is -2.36. The third-order valence-electron chi connectivity index (χ3n) is 4.90. The zero-order chi connectivity index (χ0) is 17.3. The summed E-state index contributed by atoms with van der Waals surface area (Å²) in [4.78, 5) is 16.7. The molecule has 1 amide bonds. The van der Waals surface area contributed by atoms with Crippen LogP contribution in [0.5, 0.6) is 0 Å². The highest BCUT2D eigenvalue weighted by atomic mass is 19.1. The largest absolute Gasteiger partial charge is 0.368 e. The summed E-state index contributed by atoms with van der Waals surface area (Å²) in [6.07, 6.45) is 0. The maximum Gasteiger partial charge on any atom is 0.254 e. The zero-order valence-electron chi connectivity index (χ0n) is 14.5. The molecule has 0 atom stereocenters. The second-order valence-corrected chi connectivity index (χ2v) is 6.46. The fourth-order valence-corrected chi connectivity index (χ4v) is 3.14. The molecule has 2 aromatic carbocycles. The number of hydrogen-bond donors (Lipinski definition) is 0. The molecule has 4 heteroatoms. The van der Waals surface area contributed by atoms with Gasteiger partial charge in [0.05, 0.1) is 0 Å². The minimum absolute atomic E-state index is 0.0884. The lowest BCUT2D eigenvalue weighted by atomic mass is 10.1. The lowest BCUT2D eigenvalue weighted by molar-refractivity contribution is 0.0746. The van der Waals surface area contributed by atoms with Crippen molar-refractivity contribution in [3.05, 3.63) is 64.5 Å². The number of halogens is 1. The third kappa shape index (κ3) is 3.14. The standard InChI is InChI=1S/C20H23FN2O/c1-14-5-4-6-19(16(14)3)22-9-11-23(12-10-22)20(24)17-8-7-15(2)18(21)13-17/h4-8,13H,9-12H2,1-3H3. The molecule has 1 aliphatic heterocycles. The summed E-state index contributed by atoms with van der Waals surface area (Å²) >= 11 is 0. The lowest BCUT2D eigenvalue weighted by Crippen LogP contribution is -2.49. The van der Waals surface area contributed by atoms with Gasteiger partial charge in [0.2, 0.25) is 0 Å². The highest BCUT2D eigenvalue weighted by Gasteiger charge is 2.23. The van der Waals surface area contributed by atoms with Gasteiger partial charge in [-0.15, -0.1) is 0 Å². The molecular weight excluding hydrogens is 303 g/mol. The van der Waals surface area contributed by atoms with Gasteiger partial charge in [0.25, 0.3) is 5.91 Å². The molecule has 3 rings (SSSR count). The van der Waals surface area contributed by atoms with Gasteiger partial charge in [0, 0.05) is 37.4 Å². The summed E-state index contributed by atoms with van der Waals surface area (Å²) in [5, 5.41) is 0. The molecule has 0 radical (unpaired) electrons. The number of rotatable bonds is 2. The van der Waals surface area contributed by atoms with E-state index in [4.69, 9.17) is 0 Å². The monoisotopic (exact) mass is 326 g/mol. The molecule has 0 unspecified atom stereocenters. The number of carbonyl (C=O) groups excluding carboxylic acids is 1. The number of amides is 1. The first kappa shape index (κ1) is 16.5. The van der Waals surface area contributed by atoms with Crippen molar-refractivity contribution in [2.45, 2.75) is 20.8 Å². The van der Waals surface area contributed by atoms with E-state index in [9.17, 15) is 9.18 Å². The second kappa shape index (κ2) is 6.63. The fourth-order valence-electron chi connectivity index (χ4n) is 3.14. The van der Waals surface area contributed by atoms with E-state index in [0.717, 1.165) is 13.1 Å². The molecule has 1 fully saturated rings. The Balaban J connectivity index is 1.69. The summed E-state index contributed by atoms with van der Waals surface area (Å²) < 4.78 is 13.7. The molecule has 0 saturated carbocycles. The number of piperazine rings is 1. The van der Waals surface area contributed by atoms with Gasteiger partial charge >= 0.3 is 0 Å². The summed E-state index contributed by atoms with van der Waals surface area (Å²) in [6, 6.07) is 11.0. The van der Waals surface area contributed by atoms with Crippen LogP contribution in [-0.4, -0.2) is 37.0 Å². The average Bonchev–Trinajstić information content (AvgIpc) is 2.59. The number of aryl methyl sites for hydroxylation is 2. The van der Waals surface area contributed by atoms with E-state index in [1.165, 1.54) is 22.9 Å². The maximum absolute atomic E-state index is 13.7. The van der Waals surface area contributed by atoms with Gasteiger partial charge < -0.3 is 9.80 Å². The van der Waals surface area contributed by atoms with E-state index in [1.807, 2.05) is 4.90 Å². The van der Waals surface area contributed by atoms with Crippen molar-refractivity contribution in [1.82, 2.24) is 4.90 Å². The van der Waals surface area contributed by atoms with Crippen LogP contribution >= 0.6 is 0 Å². The zero-order valence-corrected chi connectivity index (χ0v) is 14.5. The Morgan fingerprint density at radius 1 is 0.958 bits per heavy atom. The van der Waals surface area contributed by atoms with E-state index in [-0.39, 0.29) is 11.7 Å². The molecule has 0 aromatic heterocycles.